The van der Waals surface area contributed by atoms with Crippen LogP contribution in [0.25, 0.3) is 11.5 Å². The highest BCUT2D eigenvalue weighted by Gasteiger charge is 2.17. The summed E-state index contributed by atoms with van der Waals surface area (Å²) in [5.74, 6) is -0.0553. The van der Waals surface area contributed by atoms with E-state index in [1.165, 1.54) is 6.08 Å². The lowest BCUT2D eigenvalue weighted by molar-refractivity contribution is -0.578. The third kappa shape index (κ3) is 3.97. The first-order valence-corrected chi connectivity index (χ1v) is 7.12. The Morgan fingerprint density at radius 1 is 1.17 bits per heavy atom. The molecular weight excluding hydrogens is 310 g/mol. The van der Waals surface area contributed by atoms with Gasteiger partial charge in [-0.3, -0.25) is 0 Å². The van der Waals surface area contributed by atoms with Crippen LogP contribution in [0.3, 0.4) is 0 Å². The molecule has 1 heterocycles. The number of halogens is 1. The number of nitrogens with zero attached hydrogens (tertiary/aromatic N) is 3. The van der Waals surface area contributed by atoms with E-state index >= 15 is 0 Å². The predicted molar refractivity (Wildman–Crippen MR) is 87.9 cm³/mol. The summed E-state index contributed by atoms with van der Waals surface area (Å²) < 4.78 is 1.66. The average molecular weight is 323 g/mol. The molecule has 0 bridgehead atoms. The molecule has 0 aliphatic carbocycles. The number of aromatic nitrogens is 1. The Kier molecular flexibility index (Phi) is 5.15. The number of rotatable bonds is 3. The minimum absolute atomic E-state index is 0.0553. The minimum atomic E-state index is -0.102. The van der Waals surface area contributed by atoms with Gasteiger partial charge in [0.2, 0.25) is 0 Å². The van der Waals surface area contributed by atoms with Gasteiger partial charge in [0.15, 0.2) is 18.2 Å². The van der Waals surface area contributed by atoms with Crippen LogP contribution in [0.2, 0.25) is 5.02 Å². The Morgan fingerprint density at radius 3 is 2.39 bits per heavy atom. The van der Waals surface area contributed by atoms with E-state index in [-0.39, 0.29) is 11.3 Å². The van der Waals surface area contributed by atoms with Crippen LogP contribution in [0.4, 0.5) is 0 Å². The first-order chi connectivity index (χ1) is 11.0. The Hall–Kier alpha value is -3.08. The summed E-state index contributed by atoms with van der Waals surface area (Å²) in [5, 5.41) is 29.1. The largest absolute Gasteiger partial charge is 0.502 e. The van der Waals surface area contributed by atoms with Gasteiger partial charge < -0.3 is 5.11 Å². The zero-order valence-electron chi connectivity index (χ0n) is 12.4. The highest BCUT2D eigenvalue weighted by Crippen LogP contribution is 2.20. The van der Waals surface area contributed by atoms with Gasteiger partial charge in [0.25, 0.3) is 5.70 Å². The molecule has 2 rings (SSSR count). The smallest absolute Gasteiger partial charge is 0.255 e. The molecule has 112 valence electrons. The molecule has 1 aromatic carbocycles. The van der Waals surface area contributed by atoms with Crippen LogP contribution in [0.1, 0.15) is 11.1 Å². The molecule has 0 fully saturated rings. The molecule has 0 spiro atoms. The zero-order chi connectivity index (χ0) is 16.8. The highest BCUT2D eigenvalue weighted by atomic mass is 35.5. The van der Waals surface area contributed by atoms with Crippen molar-refractivity contribution in [3.8, 4) is 12.1 Å². The van der Waals surface area contributed by atoms with Crippen LogP contribution in [-0.4, -0.2) is 5.11 Å². The molecule has 0 atom stereocenters. The lowest BCUT2D eigenvalue weighted by Gasteiger charge is -2.04. The van der Waals surface area contributed by atoms with Gasteiger partial charge in [0.05, 0.1) is 0 Å². The molecule has 5 heteroatoms. The number of aliphatic hydroxyl groups excluding tert-OH is 1. The molecule has 0 saturated carbocycles. The van der Waals surface area contributed by atoms with E-state index in [1.807, 2.05) is 19.1 Å². The van der Waals surface area contributed by atoms with Gasteiger partial charge in [-0.1, -0.05) is 11.6 Å². The summed E-state index contributed by atoms with van der Waals surface area (Å²) in [7, 11) is 0. The third-order valence-electron chi connectivity index (χ3n) is 3.11. The van der Waals surface area contributed by atoms with Crippen molar-refractivity contribution in [2.24, 2.45) is 0 Å². The number of allylic oxidation sites excluding steroid dienone is 3. The van der Waals surface area contributed by atoms with Crippen molar-refractivity contribution in [2.75, 3.05) is 0 Å². The molecule has 1 N–H and O–H groups in total. The zero-order valence-corrected chi connectivity index (χ0v) is 13.1. The molecule has 4 nitrogen and oxygen atoms in total. The van der Waals surface area contributed by atoms with Crippen LogP contribution >= 0.6 is 11.6 Å². The maximum atomic E-state index is 10.6. The first-order valence-electron chi connectivity index (χ1n) is 6.74. The third-order valence-corrected chi connectivity index (χ3v) is 3.36. The second-order valence-electron chi connectivity index (χ2n) is 4.81. The summed E-state index contributed by atoms with van der Waals surface area (Å²) >= 11 is 5.86. The van der Waals surface area contributed by atoms with Gasteiger partial charge in [-0.25, -0.2) is 0 Å². The van der Waals surface area contributed by atoms with Crippen LogP contribution in [-0.2, 0) is 0 Å². The summed E-state index contributed by atoms with van der Waals surface area (Å²) in [6, 6.07) is 14.0. The lowest BCUT2D eigenvalue weighted by atomic mass is 10.1. The standard InChI is InChI=1S/C18H12ClN3O/c1-13-3-2-8-22(12-13)17(9-14(10-20)11-21)18(23)15-4-6-16(19)7-5-15/h2-9,12H,1H3/p+1/b18-17-. The van der Waals surface area contributed by atoms with Gasteiger partial charge in [-0.2, -0.15) is 15.1 Å². The fourth-order valence-corrected chi connectivity index (χ4v) is 2.12. The molecule has 2 aromatic rings. The number of benzene rings is 1. The number of nitriles is 2. The minimum Gasteiger partial charge on any atom is -0.502 e. The van der Waals surface area contributed by atoms with E-state index in [0.717, 1.165) is 5.56 Å². The van der Waals surface area contributed by atoms with Gasteiger partial charge in [-0.15, -0.1) is 0 Å². The second-order valence-corrected chi connectivity index (χ2v) is 5.25. The van der Waals surface area contributed by atoms with Gasteiger partial charge in [-0.05, 0) is 37.3 Å². The quantitative estimate of drug-likeness (QED) is 0.404. The van der Waals surface area contributed by atoms with E-state index in [4.69, 9.17) is 22.1 Å². The van der Waals surface area contributed by atoms with Crippen molar-refractivity contribution < 1.29 is 9.67 Å². The van der Waals surface area contributed by atoms with Crippen molar-refractivity contribution in [1.29, 1.82) is 10.5 Å². The fraction of sp³-hybridized carbons (Fsp3) is 0.0556. The Labute approximate surface area is 139 Å². The number of hydrogen-bond donors (Lipinski definition) is 1. The highest BCUT2D eigenvalue weighted by molar-refractivity contribution is 6.30. The number of pyridine rings is 1. The maximum absolute atomic E-state index is 10.6. The van der Waals surface area contributed by atoms with E-state index in [9.17, 15) is 5.11 Å². The van der Waals surface area contributed by atoms with Crippen molar-refractivity contribution in [2.45, 2.75) is 6.92 Å². The van der Waals surface area contributed by atoms with E-state index in [1.54, 1.807) is 53.4 Å². The molecule has 23 heavy (non-hydrogen) atoms. The molecule has 0 amide bonds. The van der Waals surface area contributed by atoms with Gasteiger partial charge in [0, 0.05) is 28.3 Å². The van der Waals surface area contributed by atoms with Crippen LogP contribution in [0, 0.1) is 29.6 Å². The topological polar surface area (TPSA) is 71.7 Å². The SMILES string of the molecule is Cc1ccc[n+](/C(C=C(C#N)C#N)=C(\O)c2ccc(Cl)cc2)c1. The molecule has 0 unspecified atom stereocenters. The Morgan fingerprint density at radius 2 is 1.83 bits per heavy atom. The number of aryl methyl sites for hydroxylation is 1. The van der Waals surface area contributed by atoms with Crippen molar-refractivity contribution >= 4 is 23.1 Å². The Bertz CT molecular complexity index is 852. The average Bonchev–Trinajstić information content (AvgIpc) is 2.56. The van der Waals surface area contributed by atoms with E-state index in [0.29, 0.717) is 16.3 Å². The first kappa shape index (κ1) is 16.3. The van der Waals surface area contributed by atoms with Crippen molar-refractivity contribution in [1.82, 2.24) is 0 Å². The van der Waals surface area contributed by atoms with Crippen molar-refractivity contribution in [3.05, 3.63) is 76.6 Å². The van der Waals surface area contributed by atoms with Crippen LogP contribution < -0.4 is 4.57 Å². The van der Waals surface area contributed by atoms with Crippen molar-refractivity contribution in [3.63, 3.8) is 0 Å². The van der Waals surface area contributed by atoms with E-state index in [2.05, 4.69) is 0 Å². The van der Waals surface area contributed by atoms with Crippen LogP contribution in [0.5, 0.6) is 0 Å². The Balaban J connectivity index is 2.69. The molecular formula is C18H13ClN3O+. The second kappa shape index (κ2) is 7.26. The summed E-state index contributed by atoms with van der Waals surface area (Å²) in [6.45, 7) is 1.91. The molecule has 1 aromatic heterocycles. The molecule has 0 radical (unpaired) electrons. The predicted octanol–water partition coefficient (Wildman–Crippen LogP) is 3.79. The van der Waals surface area contributed by atoms with Crippen LogP contribution in [0.15, 0.2) is 60.4 Å². The maximum Gasteiger partial charge on any atom is 0.255 e. The molecule has 0 aliphatic rings. The lowest BCUT2D eigenvalue weighted by Crippen LogP contribution is -2.32. The molecule has 0 aliphatic heterocycles. The fourth-order valence-electron chi connectivity index (χ4n) is 1.99. The monoisotopic (exact) mass is 322 g/mol. The number of hydrogen-bond acceptors (Lipinski definition) is 3. The summed E-state index contributed by atoms with van der Waals surface area (Å²) in [4.78, 5) is 0. The molecule has 0 saturated heterocycles. The summed E-state index contributed by atoms with van der Waals surface area (Å²) in [5.41, 5.74) is 1.73. The summed E-state index contributed by atoms with van der Waals surface area (Å²) in [6.07, 6.45) is 4.88. The van der Waals surface area contributed by atoms with Gasteiger partial charge in [0.1, 0.15) is 17.7 Å². The van der Waals surface area contributed by atoms with E-state index < -0.39 is 0 Å². The normalized spacial score (nSPS) is 11.0. The number of aliphatic hydroxyl groups is 1. The van der Waals surface area contributed by atoms with Gasteiger partial charge >= 0.3 is 0 Å².